The molecule has 136 valence electrons. The highest BCUT2D eigenvalue weighted by Gasteiger charge is 2.21. The van der Waals surface area contributed by atoms with Crippen LogP contribution in [0.25, 0.3) is 0 Å². The van der Waals surface area contributed by atoms with Gasteiger partial charge in [-0.25, -0.2) is 4.79 Å². The Morgan fingerprint density at radius 3 is 2.50 bits per heavy atom. The van der Waals surface area contributed by atoms with Crippen molar-refractivity contribution >= 4 is 29.2 Å². The molecule has 1 fully saturated rings. The van der Waals surface area contributed by atoms with Crippen LogP contribution in [0.1, 0.15) is 51.1 Å². The smallest absolute Gasteiger partial charge is 0.335 e. The molecule has 3 rings (SSSR count). The molecule has 0 saturated heterocycles. The van der Waals surface area contributed by atoms with Crippen LogP contribution >= 0.6 is 11.6 Å². The molecule has 0 atom stereocenters. The molecule has 5 nitrogen and oxygen atoms in total. The fraction of sp³-hybridized carbons (Fsp3) is 0.300. The lowest BCUT2D eigenvalue weighted by Gasteiger charge is -2.27. The predicted octanol–water partition coefficient (Wildman–Crippen LogP) is 4.84. The molecule has 0 unspecified atom stereocenters. The van der Waals surface area contributed by atoms with E-state index in [2.05, 4.69) is 5.32 Å². The van der Waals surface area contributed by atoms with Crippen LogP contribution in [0, 0.1) is 13.8 Å². The van der Waals surface area contributed by atoms with E-state index in [1.807, 2.05) is 6.92 Å². The summed E-state index contributed by atoms with van der Waals surface area (Å²) in [5, 5.41) is 12.3. The monoisotopic (exact) mass is 373 g/mol. The van der Waals surface area contributed by atoms with E-state index < -0.39 is 5.97 Å². The molecule has 1 aliphatic rings. The second-order valence-corrected chi connectivity index (χ2v) is 6.95. The summed E-state index contributed by atoms with van der Waals surface area (Å²) >= 11 is 6.27. The van der Waals surface area contributed by atoms with Crippen molar-refractivity contribution in [3.05, 3.63) is 57.6 Å². The zero-order valence-electron chi connectivity index (χ0n) is 14.6. The Hall–Kier alpha value is -2.53. The van der Waals surface area contributed by atoms with Crippen molar-refractivity contribution in [1.82, 2.24) is 0 Å². The van der Waals surface area contributed by atoms with E-state index in [0.717, 1.165) is 24.8 Å². The van der Waals surface area contributed by atoms with E-state index in [9.17, 15) is 9.59 Å². The number of anilines is 1. The Kier molecular flexibility index (Phi) is 5.18. The third-order valence-electron chi connectivity index (χ3n) is 4.62. The predicted molar refractivity (Wildman–Crippen MR) is 101 cm³/mol. The molecule has 1 amide bonds. The van der Waals surface area contributed by atoms with Crippen molar-refractivity contribution in [2.45, 2.75) is 39.2 Å². The zero-order valence-corrected chi connectivity index (χ0v) is 15.4. The van der Waals surface area contributed by atoms with Crippen molar-refractivity contribution in [3.63, 3.8) is 0 Å². The summed E-state index contributed by atoms with van der Waals surface area (Å²) in [6, 6.07) is 7.98. The molecular weight excluding hydrogens is 354 g/mol. The van der Waals surface area contributed by atoms with Crippen LogP contribution in [0.15, 0.2) is 30.3 Å². The number of halogens is 1. The first-order valence-electron chi connectivity index (χ1n) is 8.47. The number of aryl methyl sites for hydroxylation is 1. The first-order valence-corrected chi connectivity index (χ1v) is 8.85. The van der Waals surface area contributed by atoms with Gasteiger partial charge in [0.05, 0.1) is 11.7 Å². The number of hydrogen-bond acceptors (Lipinski definition) is 3. The second-order valence-electron chi connectivity index (χ2n) is 6.54. The molecule has 1 saturated carbocycles. The first kappa shape index (κ1) is 18.3. The van der Waals surface area contributed by atoms with Crippen molar-refractivity contribution in [2.24, 2.45) is 0 Å². The maximum absolute atomic E-state index is 12.6. The quantitative estimate of drug-likeness (QED) is 0.786. The fourth-order valence-corrected chi connectivity index (χ4v) is 2.97. The summed E-state index contributed by atoms with van der Waals surface area (Å²) in [6.45, 7) is 3.55. The van der Waals surface area contributed by atoms with Gasteiger partial charge in [0.1, 0.15) is 5.75 Å². The van der Waals surface area contributed by atoms with Gasteiger partial charge in [0.25, 0.3) is 5.91 Å². The maximum Gasteiger partial charge on any atom is 0.335 e. The number of aromatic carboxylic acids is 1. The minimum atomic E-state index is -0.997. The van der Waals surface area contributed by atoms with Crippen LogP contribution in [0.3, 0.4) is 0 Å². The highest BCUT2D eigenvalue weighted by molar-refractivity contribution is 6.32. The minimum Gasteiger partial charge on any atom is -0.490 e. The molecule has 6 heteroatoms. The van der Waals surface area contributed by atoms with Gasteiger partial charge in [-0.1, -0.05) is 11.6 Å². The Morgan fingerprint density at radius 2 is 1.92 bits per heavy atom. The summed E-state index contributed by atoms with van der Waals surface area (Å²) in [4.78, 5) is 23.7. The third-order valence-corrected chi connectivity index (χ3v) is 5.01. The standard InChI is InChI=1S/C20H20ClNO4/c1-11-8-14(6-7-16(11)20(24)25)22-19(23)13-9-17(21)12(2)18(10-13)26-15-4-3-5-15/h6-10,15H,3-5H2,1-2H3,(H,22,23)(H,24,25). The third kappa shape index (κ3) is 3.83. The lowest BCUT2D eigenvalue weighted by atomic mass is 9.96. The molecule has 0 radical (unpaired) electrons. The molecule has 0 aliphatic heterocycles. The van der Waals surface area contributed by atoms with Crippen LogP contribution in [-0.4, -0.2) is 23.1 Å². The second kappa shape index (κ2) is 7.38. The van der Waals surface area contributed by atoms with Crippen molar-refractivity contribution in [3.8, 4) is 5.75 Å². The number of hydrogen-bond donors (Lipinski definition) is 2. The minimum absolute atomic E-state index is 0.189. The number of rotatable bonds is 5. The van der Waals surface area contributed by atoms with E-state index in [4.69, 9.17) is 21.4 Å². The van der Waals surface area contributed by atoms with Gasteiger partial charge >= 0.3 is 5.97 Å². The number of carboxylic acids is 1. The van der Waals surface area contributed by atoms with Crippen LogP contribution in [0.5, 0.6) is 5.75 Å². The van der Waals surface area contributed by atoms with Gasteiger partial charge in [0, 0.05) is 21.8 Å². The van der Waals surface area contributed by atoms with Gasteiger partial charge in [-0.2, -0.15) is 0 Å². The summed E-state index contributed by atoms with van der Waals surface area (Å²) < 4.78 is 5.93. The number of carbonyl (C=O) groups is 2. The molecule has 2 aromatic rings. The zero-order chi connectivity index (χ0) is 18.8. The van der Waals surface area contributed by atoms with Crippen LogP contribution in [0.2, 0.25) is 5.02 Å². The summed E-state index contributed by atoms with van der Waals surface area (Å²) in [6.07, 6.45) is 3.38. The largest absolute Gasteiger partial charge is 0.490 e. The van der Waals surface area contributed by atoms with Gasteiger partial charge in [0.2, 0.25) is 0 Å². The van der Waals surface area contributed by atoms with E-state index in [0.29, 0.717) is 27.6 Å². The van der Waals surface area contributed by atoms with Gasteiger partial charge in [-0.05, 0) is 69.0 Å². The van der Waals surface area contributed by atoms with Gasteiger partial charge in [0.15, 0.2) is 0 Å². The van der Waals surface area contributed by atoms with E-state index in [1.54, 1.807) is 31.2 Å². The molecular formula is C20H20ClNO4. The number of ether oxygens (including phenoxy) is 1. The van der Waals surface area contributed by atoms with E-state index >= 15 is 0 Å². The van der Waals surface area contributed by atoms with Crippen LogP contribution in [-0.2, 0) is 0 Å². The average Bonchev–Trinajstić information content (AvgIpc) is 2.54. The van der Waals surface area contributed by atoms with Gasteiger partial charge < -0.3 is 15.2 Å². The Morgan fingerprint density at radius 1 is 1.19 bits per heavy atom. The average molecular weight is 374 g/mol. The highest BCUT2D eigenvalue weighted by atomic mass is 35.5. The van der Waals surface area contributed by atoms with Crippen molar-refractivity contribution < 1.29 is 19.4 Å². The van der Waals surface area contributed by atoms with Gasteiger partial charge in [-0.15, -0.1) is 0 Å². The van der Waals surface area contributed by atoms with Gasteiger partial charge in [-0.3, -0.25) is 4.79 Å². The highest BCUT2D eigenvalue weighted by Crippen LogP contribution is 2.32. The summed E-state index contributed by atoms with van der Waals surface area (Å²) in [5.41, 5.74) is 2.52. The Balaban J connectivity index is 1.81. The number of carboxylic acid groups (broad SMARTS) is 1. The Labute approximate surface area is 156 Å². The summed E-state index contributed by atoms with van der Waals surface area (Å²) in [5.74, 6) is -0.693. The van der Waals surface area contributed by atoms with E-state index in [-0.39, 0.29) is 17.6 Å². The molecule has 0 heterocycles. The first-order chi connectivity index (χ1) is 12.3. The molecule has 0 aromatic heterocycles. The molecule has 26 heavy (non-hydrogen) atoms. The number of nitrogens with one attached hydrogen (secondary N) is 1. The SMILES string of the molecule is Cc1cc(NC(=O)c2cc(Cl)c(C)c(OC3CCC3)c2)ccc1C(=O)O. The molecule has 0 bridgehead atoms. The molecule has 1 aliphatic carbocycles. The normalized spacial score (nSPS) is 13.8. The molecule has 0 spiro atoms. The maximum atomic E-state index is 12.6. The van der Waals surface area contributed by atoms with Crippen LogP contribution in [0.4, 0.5) is 5.69 Å². The topological polar surface area (TPSA) is 75.6 Å². The van der Waals surface area contributed by atoms with E-state index in [1.165, 1.54) is 6.07 Å². The molecule has 2 N–H and O–H groups in total. The number of benzene rings is 2. The van der Waals surface area contributed by atoms with Crippen molar-refractivity contribution in [2.75, 3.05) is 5.32 Å². The Bertz CT molecular complexity index is 874. The summed E-state index contributed by atoms with van der Waals surface area (Å²) in [7, 11) is 0. The van der Waals surface area contributed by atoms with Crippen molar-refractivity contribution in [1.29, 1.82) is 0 Å². The van der Waals surface area contributed by atoms with Crippen LogP contribution < -0.4 is 10.1 Å². The molecule has 2 aromatic carbocycles. The lowest BCUT2D eigenvalue weighted by Crippen LogP contribution is -2.25. The fourth-order valence-electron chi connectivity index (χ4n) is 2.76. The lowest BCUT2D eigenvalue weighted by molar-refractivity contribution is 0.0696. The number of carbonyl (C=O) groups excluding carboxylic acids is 1. The number of amides is 1.